The number of rotatable bonds is 4. The highest BCUT2D eigenvalue weighted by atomic mass is 79.9. The van der Waals surface area contributed by atoms with Crippen molar-refractivity contribution in [2.24, 2.45) is 0 Å². The third-order valence-electron chi connectivity index (χ3n) is 3.11. The van der Waals surface area contributed by atoms with Gasteiger partial charge in [0.15, 0.2) is 0 Å². The molecule has 0 bridgehead atoms. The number of nitrogens with one attached hydrogen (secondary N) is 1. The van der Waals surface area contributed by atoms with E-state index in [9.17, 15) is 13.2 Å². The highest BCUT2D eigenvalue weighted by Crippen LogP contribution is 2.35. The van der Waals surface area contributed by atoms with Gasteiger partial charge in [0.25, 0.3) is 10.0 Å². The van der Waals surface area contributed by atoms with Crippen molar-refractivity contribution in [3.63, 3.8) is 0 Å². The first kappa shape index (κ1) is 17.2. The molecule has 1 saturated heterocycles. The number of hydrogen-bond acceptors (Lipinski definition) is 5. The minimum Gasteiger partial charge on any atom is -0.339 e. The van der Waals surface area contributed by atoms with Crippen LogP contribution in [0.1, 0.15) is 0 Å². The number of thiophene rings is 1. The van der Waals surface area contributed by atoms with Crippen molar-refractivity contribution in [1.82, 2.24) is 14.5 Å². The predicted molar refractivity (Wildman–Crippen MR) is 86.3 cm³/mol. The molecule has 0 saturated carbocycles. The van der Waals surface area contributed by atoms with Gasteiger partial charge in [0.2, 0.25) is 5.91 Å². The normalized spacial score (nSPS) is 16.5. The Kier molecular flexibility index (Phi) is 5.66. The van der Waals surface area contributed by atoms with E-state index in [1.165, 1.54) is 13.1 Å². The molecule has 118 valence electrons. The molecule has 2 heterocycles. The van der Waals surface area contributed by atoms with E-state index in [2.05, 4.69) is 21.2 Å². The second-order valence-corrected chi connectivity index (χ2v) is 9.63. The van der Waals surface area contributed by atoms with Crippen molar-refractivity contribution in [2.45, 2.75) is 4.21 Å². The monoisotopic (exact) mass is 415 g/mol. The van der Waals surface area contributed by atoms with Gasteiger partial charge in [0, 0.05) is 33.2 Å². The maximum Gasteiger partial charge on any atom is 0.252 e. The molecule has 2 rings (SSSR count). The van der Waals surface area contributed by atoms with Crippen LogP contribution in [0.3, 0.4) is 0 Å². The van der Waals surface area contributed by atoms with E-state index in [4.69, 9.17) is 11.6 Å². The highest BCUT2D eigenvalue weighted by molar-refractivity contribution is 9.11. The summed E-state index contributed by atoms with van der Waals surface area (Å²) >= 11 is 10.1. The second-order valence-electron chi connectivity index (χ2n) is 4.58. The standard InChI is InChI=1S/C11H15BrClN3O3S2/c1-15(7-9(17)16-4-2-14-3-5-16)21(18,19)10-6-8(13)11(12)20-10/h6,14H,2-5,7H2,1H3. The van der Waals surface area contributed by atoms with Crippen molar-refractivity contribution in [1.29, 1.82) is 0 Å². The Bertz CT molecular complexity index is 609. The van der Waals surface area contributed by atoms with Gasteiger partial charge >= 0.3 is 0 Å². The predicted octanol–water partition coefficient (Wildman–Crippen LogP) is 1.22. The largest absolute Gasteiger partial charge is 0.339 e. The summed E-state index contributed by atoms with van der Waals surface area (Å²) in [6.45, 7) is 2.49. The molecule has 0 aliphatic carbocycles. The fourth-order valence-corrected chi connectivity index (χ4v) is 5.63. The molecule has 21 heavy (non-hydrogen) atoms. The molecule has 1 N–H and O–H groups in total. The van der Waals surface area contributed by atoms with Crippen LogP contribution in [0.4, 0.5) is 0 Å². The van der Waals surface area contributed by atoms with Crippen LogP contribution < -0.4 is 5.32 Å². The molecule has 1 amide bonds. The topological polar surface area (TPSA) is 69.7 Å². The number of hydrogen-bond donors (Lipinski definition) is 1. The maximum absolute atomic E-state index is 12.4. The van der Waals surface area contributed by atoms with Gasteiger partial charge in [-0.05, 0) is 22.0 Å². The molecule has 1 fully saturated rings. The molecule has 10 heteroatoms. The summed E-state index contributed by atoms with van der Waals surface area (Å²) < 4.78 is 26.5. The zero-order chi connectivity index (χ0) is 15.6. The molecule has 0 atom stereocenters. The summed E-state index contributed by atoms with van der Waals surface area (Å²) in [5, 5.41) is 3.49. The van der Waals surface area contributed by atoms with Gasteiger partial charge in [-0.1, -0.05) is 11.6 Å². The number of halogens is 2. The van der Waals surface area contributed by atoms with Crippen LogP contribution in [0.25, 0.3) is 0 Å². The quantitative estimate of drug-likeness (QED) is 0.801. The number of piperazine rings is 1. The van der Waals surface area contributed by atoms with Crippen molar-refractivity contribution in [3.8, 4) is 0 Å². The Hall–Kier alpha value is -0.190. The first-order chi connectivity index (χ1) is 9.82. The molecular formula is C11H15BrClN3O3S2. The summed E-state index contributed by atoms with van der Waals surface area (Å²) in [5.74, 6) is -0.190. The number of nitrogens with zero attached hydrogens (tertiary/aromatic N) is 2. The second kappa shape index (κ2) is 6.93. The fourth-order valence-electron chi connectivity index (χ4n) is 1.90. The minimum absolute atomic E-state index is 0.120. The lowest BCUT2D eigenvalue weighted by molar-refractivity contribution is -0.131. The summed E-state index contributed by atoms with van der Waals surface area (Å²) in [7, 11) is -2.30. The van der Waals surface area contributed by atoms with Gasteiger partial charge in [0.05, 0.1) is 15.4 Å². The zero-order valence-electron chi connectivity index (χ0n) is 11.3. The highest BCUT2D eigenvalue weighted by Gasteiger charge is 2.27. The molecular weight excluding hydrogens is 402 g/mol. The Morgan fingerprint density at radius 2 is 2.14 bits per heavy atom. The van der Waals surface area contributed by atoms with E-state index < -0.39 is 10.0 Å². The lowest BCUT2D eigenvalue weighted by Crippen LogP contribution is -2.49. The SMILES string of the molecule is CN(CC(=O)N1CCNCC1)S(=O)(=O)c1cc(Cl)c(Br)s1. The zero-order valence-corrected chi connectivity index (χ0v) is 15.3. The Morgan fingerprint density at radius 1 is 1.52 bits per heavy atom. The van der Waals surface area contributed by atoms with Crippen LogP contribution in [0.2, 0.25) is 5.02 Å². The Morgan fingerprint density at radius 3 is 2.67 bits per heavy atom. The molecule has 0 unspecified atom stereocenters. The molecule has 0 aromatic carbocycles. The number of likely N-dealkylation sites (N-methyl/N-ethyl adjacent to an activating group) is 1. The lowest BCUT2D eigenvalue weighted by atomic mass is 10.3. The molecule has 1 aromatic rings. The third kappa shape index (κ3) is 3.96. The Labute approximate surface area is 141 Å². The van der Waals surface area contributed by atoms with Crippen LogP contribution in [0.15, 0.2) is 14.1 Å². The van der Waals surface area contributed by atoms with Crippen LogP contribution >= 0.6 is 38.9 Å². The van der Waals surface area contributed by atoms with E-state index >= 15 is 0 Å². The average molecular weight is 417 g/mol. The minimum atomic E-state index is -3.70. The lowest BCUT2D eigenvalue weighted by Gasteiger charge is -2.28. The molecule has 1 aliphatic heterocycles. The maximum atomic E-state index is 12.4. The average Bonchev–Trinajstić information content (AvgIpc) is 2.80. The van der Waals surface area contributed by atoms with Crippen molar-refractivity contribution < 1.29 is 13.2 Å². The Balaban J connectivity index is 2.07. The van der Waals surface area contributed by atoms with Gasteiger partial charge in [0.1, 0.15) is 4.21 Å². The summed E-state index contributed by atoms with van der Waals surface area (Å²) in [6.07, 6.45) is 0. The first-order valence-corrected chi connectivity index (χ1v) is 9.65. The summed E-state index contributed by atoms with van der Waals surface area (Å²) in [6, 6.07) is 1.39. The number of carbonyl (C=O) groups is 1. The molecule has 1 aromatic heterocycles. The molecule has 0 radical (unpaired) electrons. The summed E-state index contributed by atoms with van der Waals surface area (Å²) in [5.41, 5.74) is 0. The first-order valence-electron chi connectivity index (χ1n) is 6.22. The van der Waals surface area contributed by atoms with Crippen molar-refractivity contribution >= 4 is 54.8 Å². The van der Waals surface area contributed by atoms with Crippen LogP contribution in [-0.2, 0) is 14.8 Å². The third-order valence-corrected chi connectivity index (χ3v) is 7.84. The van der Waals surface area contributed by atoms with E-state index in [0.29, 0.717) is 21.9 Å². The fraction of sp³-hybridized carbons (Fsp3) is 0.545. The molecule has 0 spiro atoms. The van der Waals surface area contributed by atoms with Crippen molar-refractivity contribution in [2.75, 3.05) is 39.8 Å². The van der Waals surface area contributed by atoms with E-state index in [1.807, 2.05) is 0 Å². The number of sulfonamides is 1. The van der Waals surface area contributed by atoms with Gasteiger partial charge in [-0.25, -0.2) is 8.42 Å². The van der Waals surface area contributed by atoms with E-state index in [-0.39, 0.29) is 16.7 Å². The smallest absolute Gasteiger partial charge is 0.252 e. The van der Waals surface area contributed by atoms with Crippen LogP contribution in [-0.4, -0.2) is 63.3 Å². The van der Waals surface area contributed by atoms with E-state index in [1.54, 1.807) is 4.90 Å². The molecule has 1 aliphatic rings. The van der Waals surface area contributed by atoms with Gasteiger partial charge in [-0.3, -0.25) is 4.79 Å². The van der Waals surface area contributed by atoms with E-state index in [0.717, 1.165) is 28.7 Å². The van der Waals surface area contributed by atoms with Crippen LogP contribution in [0.5, 0.6) is 0 Å². The molecule has 6 nitrogen and oxygen atoms in total. The van der Waals surface area contributed by atoms with Gasteiger partial charge in [-0.15, -0.1) is 11.3 Å². The van der Waals surface area contributed by atoms with Gasteiger partial charge in [-0.2, -0.15) is 4.31 Å². The van der Waals surface area contributed by atoms with Gasteiger partial charge < -0.3 is 10.2 Å². The summed E-state index contributed by atoms with van der Waals surface area (Å²) in [4.78, 5) is 13.8. The van der Waals surface area contributed by atoms with Crippen LogP contribution in [0, 0.1) is 0 Å². The van der Waals surface area contributed by atoms with Crippen molar-refractivity contribution in [3.05, 3.63) is 14.9 Å². The number of amides is 1. The number of carbonyl (C=O) groups excluding carboxylic acids is 1.